The van der Waals surface area contributed by atoms with Gasteiger partial charge in [0.15, 0.2) is 0 Å². The predicted molar refractivity (Wildman–Crippen MR) is 67.9 cm³/mol. The summed E-state index contributed by atoms with van der Waals surface area (Å²) in [5.74, 6) is 0. The van der Waals surface area contributed by atoms with Crippen LogP contribution in [0, 0.1) is 11.3 Å². The van der Waals surface area contributed by atoms with Gasteiger partial charge >= 0.3 is 0 Å². The highest BCUT2D eigenvalue weighted by molar-refractivity contribution is 5.30. The van der Waals surface area contributed by atoms with Gasteiger partial charge in [0.2, 0.25) is 0 Å². The molecule has 0 bridgehead atoms. The third-order valence-electron chi connectivity index (χ3n) is 3.02. The number of pyridine rings is 1. The number of hydrogen-bond donors (Lipinski definition) is 1. The molecular formula is C13H18N4O. The Hall–Kier alpha value is -1.48. The first-order valence-electron chi connectivity index (χ1n) is 6.25. The highest BCUT2D eigenvalue weighted by atomic mass is 16.5. The van der Waals surface area contributed by atoms with Crippen molar-refractivity contribution in [2.75, 3.05) is 39.4 Å². The molecule has 5 heteroatoms. The highest BCUT2D eigenvalue weighted by Gasteiger charge is 2.09. The summed E-state index contributed by atoms with van der Waals surface area (Å²) in [5, 5.41) is 12.3. The number of ether oxygens (including phenoxy) is 1. The van der Waals surface area contributed by atoms with Crippen LogP contribution in [0.1, 0.15) is 11.3 Å². The zero-order chi connectivity index (χ0) is 12.6. The van der Waals surface area contributed by atoms with Gasteiger partial charge in [0.25, 0.3) is 0 Å². The van der Waals surface area contributed by atoms with Crippen molar-refractivity contribution in [2.24, 2.45) is 0 Å². The van der Waals surface area contributed by atoms with Gasteiger partial charge in [-0.25, -0.2) is 4.98 Å². The molecule has 1 N–H and O–H groups in total. The summed E-state index contributed by atoms with van der Waals surface area (Å²) in [6.45, 7) is 6.32. The summed E-state index contributed by atoms with van der Waals surface area (Å²) in [7, 11) is 0. The van der Waals surface area contributed by atoms with E-state index >= 15 is 0 Å². The second-order valence-electron chi connectivity index (χ2n) is 4.25. The first kappa shape index (κ1) is 13.0. The maximum atomic E-state index is 8.92. The lowest BCUT2D eigenvalue weighted by molar-refractivity contribution is 0.0384. The van der Waals surface area contributed by atoms with Gasteiger partial charge < -0.3 is 10.1 Å². The van der Waals surface area contributed by atoms with Gasteiger partial charge in [-0.1, -0.05) is 6.07 Å². The van der Waals surface area contributed by atoms with E-state index in [1.807, 2.05) is 12.1 Å². The Morgan fingerprint density at radius 3 is 3.06 bits per heavy atom. The van der Waals surface area contributed by atoms with Crippen LogP contribution in [0.25, 0.3) is 0 Å². The molecule has 0 aliphatic carbocycles. The van der Waals surface area contributed by atoms with Crippen LogP contribution in [-0.2, 0) is 11.3 Å². The van der Waals surface area contributed by atoms with Gasteiger partial charge in [0.05, 0.1) is 13.2 Å². The normalized spacial score (nSPS) is 16.4. The highest BCUT2D eigenvalue weighted by Crippen LogP contribution is 2.03. The Morgan fingerprint density at radius 2 is 2.28 bits per heavy atom. The molecule has 0 radical (unpaired) electrons. The van der Waals surface area contributed by atoms with Crippen molar-refractivity contribution < 1.29 is 4.74 Å². The van der Waals surface area contributed by atoms with E-state index < -0.39 is 0 Å². The predicted octanol–water partition coefficient (Wildman–Crippen LogP) is 0.375. The van der Waals surface area contributed by atoms with Gasteiger partial charge in [-0.05, 0) is 6.07 Å². The topological polar surface area (TPSA) is 61.2 Å². The van der Waals surface area contributed by atoms with Gasteiger partial charge in [-0.2, -0.15) is 5.26 Å². The first-order valence-corrected chi connectivity index (χ1v) is 6.25. The maximum Gasteiger partial charge on any atom is 0.144 e. The van der Waals surface area contributed by atoms with E-state index in [1.165, 1.54) is 0 Å². The van der Waals surface area contributed by atoms with E-state index in [0.29, 0.717) is 12.2 Å². The van der Waals surface area contributed by atoms with E-state index in [4.69, 9.17) is 10.00 Å². The lowest BCUT2D eigenvalue weighted by Crippen LogP contribution is -2.40. The van der Waals surface area contributed by atoms with E-state index in [9.17, 15) is 0 Å². The summed E-state index contributed by atoms with van der Waals surface area (Å²) in [6.07, 6.45) is 1.65. The molecule has 0 amide bonds. The fourth-order valence-electron chi connectivity index (χ4n) is 1.97. The van der Waals surface area contributed by atoms with Crippen molar-refractivity contribution in [1.82, 2.24) is 15.2 Å². The van der Waals surface area contributed by atoms with Crippen LogP contribution in [0.3, 0.4) is 0 Å². The van der Waals surface area contributed by atoms with E-state index in [1.54, 1.807) is 6.20 Å². The number of nitrogens with one attached hydrogen (secondary N) is 1. The average molecular weight is 246 g/mol. The number of morpholine rings is 1. The molecule has 1 aromatic rings. The molecule has 0 aromatic carbocycles. The second-order valence-corrected chi connectivity index (χ2v) is 4.25. The summed E-state index contributed by atoms with van der Waals surface area (Å²) < 4.78 is 5.30. The number of nitriles is 1. The van der Waals surface area contributed by atoms with Crippen LogP contribution in [0.4, 0.5) is 0 Å². The number of nitrogens with zero attached hydrogens (tertiary/aromatic N) is 3. The number of hydrogen-bond acceptors (Lipinski definition) is 5. The molecule has 0 unspecified atom stereocenters. The smallest absolute Gasteiger partial charge is 0.144 e. The van der Waals surface area contributed by atoms with Crippen LogP contribution in [0.5, 0.6) is 0 Å². The molecule has 1 saturated heterocycles. The molecule has 1 aromatic heterocycles. The van der Waals surface area contributed by atoms with Crippen LogP contribution >= 0.6 is 0 Å². The zero-order valence-electron chi connectivity index (χ0n) is 10.4. The molecule has 1 fully saturated rings. The largest absolute Gasteiger partial charge is 0.379 e. The number of aromatic nitrogens is 1. The summed E-state index contributed by atoms with van der Waals surface area (Å²) in [4.78, 5) is 6.42. The Kier molecular flexibility index (Phi) is 5.09. The minimum absolute atomic E-state index is 0.511. The molecule has 0 atom stereocenters. The third-order valence-corrected chi connectivity index (χ3v) is 3.02. The molecule has 5 nitrogen and oxygen atoms in total. The van der Waals surface area contributed by atoms with Crippen LogP contribution in [-0.4, -0.2) is 49.3 Å². The fraction of sp³-hybridized carbons (Fsp3) is 0.538. The van der Waals surface area contributed by atoms with Crippen molar-refractivity contribution in [3.05, 3.63) is 29.6 Å². The van der Waals surface area contributed by atoms with Gasteiger partial charge in [-0.15, -0.1) is 0 Å². The molecular weight excluding hydrogens is 228 g/mol. The van der Waals surface area contributed by atoms with Crippen molar-refractivity contribution in [2.45, 2.75) is 6.54 Å². The minimum atomic E-state index is 0.511. The van der Waals surface area contributed by atoms with Crippen LogP contribution in [0.15, 0.2) is 18.3 Å². The number of rotatable bonds is 5. The Labute approximate surface area is 107 Å². The molecule has 18 heavy (non-hydrogen) atoms. The van der Waals surface area contributed by atoms with Crippen LogP contribution in [0.2, 0.25) is 0 Å². The van der Waals surface area contributed by atoms with E-state index in [-0.39, 0.29) is 0 Å². The first-order chi connectivity index (χ1) is 8.90. The van der Waals surface area contributed by atoms with E-state index in [2.05, 4.69) is 21.3 Å². The van der Waals surface area contributed by atoms with Crippen molar-refractivity contribution in [3.8, 4) is 6.07 Å². The summed E-state index contributed by atoms with van der Waals surface area (Å²) >= 11 is 0. The quantitative estimate of drug-likeness (QED) is 0.761. The van der Waals surface area contributed by atoms with Gasteiger partial charge in [0, 0.05) is 44.5 Å². The lowest BCUT2D eigenvalue weighted by Gasteiger charge is -2.26. The van der Waals surface area contributed by atoms with Crippen LogP contribution < -0.4 is 5.32 Å². The Balaban J connectivity index is 1.70. The van der Waals surface area contributed by atoms with Gasteiger partial charge in [-0.3, -0.25) is 4.90 Å². The molecule has 1 aliphatic rings. The molecule has 2 rings (SSSR count). The standard InChI is InChI=1S/C13H18N4O/c14-10-13-12(2-1-3-16-13)11-15-4-5-17-6-8-18-9-7-17/h1-3,15H,4-9,11H2. The van der Waals surface area contributed by atoms with Crippen molar-refractivity contribution >= 4 is 0 Å². The van der Waals surface area contributed by atoms with Gasteiger partial charge in [0.1, 0.15) is 11.8 Å². The van der Waals surface area contributed by atoms with E-state index in [0.717, 1.165) is 45.0 Å². The maximum absolute atomic E-state index is 8.92. The molecule has 2 heterocycles. The average Bonchev–Trinajstić information content (AvgIpc) is 2.45. The zero-order valence-corrected chi connectivity index (χ0v) is 10.4. The SMILES string of the molecule is N#Cc1ncccc1CNCCN1CCOCC1. The van der Waals surface area contributed by atoms with Crippen molar-refractivity contribution in [1.29, 1.82) is 5.26 Å². The Morgan fingerprint density at radius 1 is 1.44 bits per heavy atom. The molecule has 0 saturated carbocycles. The lowest BCUT2D eigenvalue weighted by atomic mass is 10.2. The van der Waals surface area contributed by atoms with Crippen molar-refractivity contribution in [3.63, 3.8) is 0 Å². The summed E-state index contributed by atoms with van der Waals surface area (Å²) in [6, 6.07) is 5.91. The monoisotopic (exact) mass is 246 g/mol. The molecule has 1 aliphatic heterocycles. The third kappa shape index (κ3) is 3.77. The summed E-state index contributed by atoms with van der Waals surface area (Å²) in [5.41, 5.74) is 1.47. The second kappa shape index (κ2) is 7.07. The molecule has 0 spiro atoms. The minimum Gasteiger partial charge on any atom is -0.379 e. The fourth-order valence-corrected chi connectivity index (χ4v) is 1.97. The Bertz CT molecular complexity index is 410. The molecule has 96 valence electrons.